The van der Waals surface area contributed by atoms with Crippen LogP contribution in [0.4, 0.5) is 5.82 Å². The van der Waals surface area contributed by atoms with Crippen molar-refractivity contribution in [2.24, 2.45) is 0 Å². The fourth-order valence-electron chi connectivity index (χ4n) is 1.88. The molecule has 1 heterocycles. The fraction of sp³-hybridized carbons (Fsp3) is 0.250. The molecule has 1 N–H and O–H groups in total. The Morgan fingerprint density at radius 3 is 2.55 bits per heavy atom. The second kappa shape index (κ2) is 6.19. The molecule has 0 bridgehead atoms. The van der Waals surface area contributed by atoms with E-state index in [1.165, 1.54) is 16.0 Å². The van der Waals surface area contributed by atoms with Gasteiger partial charge in [-0.3, -0.25) is 4.79 Å². The Balaban J connectivity index is 2.01. The van der Waals surface area contributed by atoms with E-state index in [9.17, 15) is 4.79 Å². The smallest absolute Gasteiger partial charge is 0.254 e. The van der Waals surface area contributed by atoms with Gasteiger partial charge in [0.2, 0.25) is 0 Å². The highest BCUT2D eigenvalue weighted by molar-refractivity contribution is 5.93. The van der Waals surface area contributed by atoms with Crippen LogP contribution in [0.1, 0.15) is 21.5 Å². The quantitative estimate of drug-likeness (QED) is 0.928. The molecule has 20 heavy (non-hydrogen) atoms. The van der Waals surface area contributed by atoms with E-state index in [0.29, 0.717) is 5.56 Å². The van der Waals surface area contributed by atoms with Crippen molar-refractivity contribution < 1.29 is 4.79 Å². The van der Waals surface area contributed by atoms with Gasteiger partial charge in [0.15, 0.2) is 0 Å². The number of pyridine rings is 1. The van der Waals surface area contributed by atoms with E-state index >= 15 is 0 Å². The predicted octanol–water partition coefficient (Wildman–Crippen LogP) is 2.70. The molecule has 0 fully saturated rings. The Morgan fingerprint density at radius 2 is 1.95 bits per heavy atom. The molecule has 0 unspecified atom stereocenters. The normalized spacial score (nSPS) is 10.2. The predicted molar refractivity (Wildman–Crippen MR) is 80.8 cm³/mol. The van der Waals surface area contributed by atoms with Gasteiger partial charge >= 0.3 is 0 Å². The van der Waals surface area contributed by atoms with Gasteiger partial charge in [-0.25, -0.2) is 4.98 Å². The molecule has 0 aliphatic carbocycles. The molecule has 0 aliphatic heterocycles. The van der Waals surface area contributed by atoms with Crippen LogP contribution in [0, 0.1) is 6.92 Å². The number of hydrogen-bond donors (Lipinski definition) is 1. The van der Waals surface area contributed by atoms with Crippen molar-refractivity contribution in [1.29, 1.82) is 0 Å². The molecular weight excluding hydrogens is 250 g/mol. The van der Waals surface area contributed by atoms with E-state index in [4.69, 9.17) is 0 Å². The van der Waals surface area contributed by atoms with Gasteiger partial charge in [0.05, 0.1) is 5.56 Å². The summed E-state index contributed by atoms with van der Waals surface area (Å²) in [5.41, 5.74) is 3.08. The van der Waals surface area contributed by atoms with Gasteiger partial charge in [0.1, 0.15) is 5.82 Å². The number of carbonyl (C=O) groups excluding carboxylic acids is 1. The molecule has 2 rings (SSSR count). The van der Waals surface area contributed by atoms with Gasteiger partial charge < -0.3 is 10.2 Å². The highest BCUT2D eigenvalue weighted by Crippen LogP contribution is 2.11. The van der Waals surface area contributed by atoms with E-state index in [2.05, 4.69) is 29.4 Å². The zero-order valence-electron chi connectivity index (χ0n) is 12.1. The minimum absolute atomic E-state index is 0.0389. The molecule has 1 aromatic carbocycles. The maximum atomic E-state index is 11.7. The van der Waals surface area contributed by atoms with Crippen molar-refractivity contribution >= 4 is 11.7 Å². The number of nitrogens with zero attached hydrogens (tertiary/aromatic N) is 2. The third-order valence-corrected chi connectivity index (χ3v) is 3.14. The summed E-state index contributed by atoms with van der Waals surface area (Å²) in [4.78, 5) is 17.6. The zero-order valence-corrected chi connectivity index (χ0v) is 12.1. The summed E-state index contributed by atoms with van der Waals surface area (Å²) >= 11 is 0. The van der Waals surface area contributed by atoms with Crippen LogP contribution in [0.5, 0.6) is 0 Å². The summed E-state index contributed by atoms with van der Waals surface area (Å²) < 4.78 is 0. The summed E-state index contributed by atoms with van der Waals surface area (Å²) in [6, 6.07) is 11.8. The molecule has 0 saturated heterocycles. The number of rotatable bonds is 4. The maximum absolute atomic E-state index is 11.7. The summed E-state index contributed by atoms with van der Waals surface area (Å²) in [5, 5.41) is 3.26. The molecule has 2 aromatic rings. The minimum Gasteiger partial charge on any atom is -0.366 e. The molecule has 4 heteroatoms. The highest BCUT2D eigenvalue weighted by atomic mass is 16.2. The van der Waals surface area contributed by atoms with Crippen molar-refractivity contribution in [1.82, 2.24) is 9.88 Å². The van der Waals surface area contributed by atoms with Crippen LogP contribution in [-0.4, -0.2) is 29.9 Å². The van der Waals surface area contributed by atoms with Gasteiger partial charge in [-0.15, -0.1) is 0 Å². The molecule has 0 aliphatic rings. The molecule has 0 radical (unpaired) electrons. The van der Waals surface area contributed by atoms with Crippen LogP contribution in [0.2, 0.25) is 0 Å². The molecule has 0 atom stereocenters. The monoisotopic (exact) mass is 269 g/mol. The summed E-state index contributed by atoms with van der Waals surface area (Å²) in [7, 11) is 3.46. The highest BCUT2D eigenvalue weighted by Gasteiger charge is 2.07. The number of anilines is 1. The van der Waals surface area contributed by atoms with Crippen LogP contribution in [0.25, 0.3) is 0 Å². The third kappa shape index (κ3) is 3.35. The number of benzene rings is 1. The lowest BCUT2D eigenvalue weighted by Crippen LogP contribution is -2.21. The van der Waals surface area contributed by atoms with Crippen molar-refractivity contribution in [3.8, 4) is 0 Å². The Hall–Kier alpha value is -2.36. The van der Waals surface area contributed by atoms with Gasteiger partial charge in [0, 0.05) is 26.8 Å². The topological polar surface area (TPSA) is 45.2 Å². The molecule has 1 aromatic heterocycles. The lowest BCUT2D eigenvalue weighted by atomic mass is 10.1. The van der Waals surface area contributed by atoms with E-state index in [0.717, 1.165) is 12.4 Å². The number of carbonyl (C=O) groups is 1. The zero-order chi connectivity index (χ0) is 14.5. The second-order valence-corrected chi connectivity index (χ2v) is 4.91. The number of amides is 1. The van der Waals surface area contributed by atoms with E-state index in [-0.39, 0.29) is 5.91 Å². The minimum atomic E-state index is -0.0389. The van der Waals surface area contributed by atoms with Gasteiger partial charge in [0.25, 0.3) is 5.91 Å². The molecule has 1 amide bonds. The fourth-order valence-corrected chi connectivity index (χ4v) is 1.88. The van der Waals surface area contributed by atoms with Crippen molar-refractivity contribution in [3.05, 3.63) is 59.3 Å². The Labute approximate surface area is 119 Å². The first-order valence-corrected chi connectivity index (χ1v) is 6.54. The lowest BCUT2D eigenvalue weighted by Gasteiger charge is -2.11. The van der Waals surface area contributed by atoms with Crippen molar-refractivity contribution in [2.45, 2.75) is 13.5 Å². The van der Waals surface area contributed by atoms with Crippen LogP contribution < -0.4 is 5.32 Å². The van der Waals surface area contributed by atoms with E-state index < -0.39 is 0 Å². The van der Waals surface area contributed by atoms with Crippen LogP contribution in [-0.2, 0) is 6.54 Å². The van der Waals surface area contributed by atoms with Crippen molar-refractivity contribution in [2.75, 3.05) is 19.4 Å². The maximum Gasteiger partial charge on any atom is 0.254 e. The molecule has 0 saturated carbocycles. The van der Waals surface area contributed by atoms with Gasteiger partial charge in [-0.05, 0) is 30.2 Å². The van der Waals surface area contributed by atoms with E-state index in [1.807, 2.05) is 18.2 Å². The van der Waals surface area contributed by atoms with Crippen LogP contribution in [0.3, 0.4) is 0 Å². The largest absolute Gasteiger partial charge is 0.366 e. The summed E-state index contributed by atoms with van der Waals surface area (Å²) in [6.07, 6.45) is 1.60. The first-order valence-electron chi connectivity index (χ1n) is 6.54. The summed E-state index contributed by atoms with van der Waals surface area (Å²) in [6.45, 7) is 2.81. The van der Waals surface area contributed by atoms with Gasteiger partial charge in [-0.1, -0.05) is 24.3 Å². The Kier molecular flexibility index (Phi) is 4.35. The van der Waals surface area contributed by atoms with Crippen molar-refractivity contribution in [3.63, 3.8) is 0 Å². The van der Waals surface area contributed by atoms with Crippen LogP contribution >= 0.6 is 0 Å². The molecular formula is C16H19N3O. The Bertz CT molecular complexity index is 591. The Morgan fingerprint density at radius 1 is 1.20 bits per heavy atom. The number of hydrogen-bond acceptors (Lipinski definition) is 3. The first kappa shape index (κ1) is 14.1. The number of nitrogens with one attached hydrogen (secondary N) is 1. The van der Waals surface area contributed by atoms with E-state index in [1.54, 1.807) is 26.4 Å². The summed E-state index contributed by atoms with van der Waals surface area (Å²) in [5.74, 6) is 0.728. The number of aryl methyl sites for hydroxylation is 1. The molecule has 4 nitrogen and oxygen atoms in total. The van der Waals surface area contributed by atoms with Crippen LogP contribution in [0.15, 0.2) is 42.6 Å². The second-order valence-electron chi connectivity index (χ2n) is 4.91. The standard InChI is InChI=1S/C16H19N3O/c1-12-6-4-5-7-13(12)10-17-15-9-8-14(11-18-15)16(20)19(2)3/h4-9,11H,10H2,1-3H3,(H,17,18). The van der Waals surface area contributed by atoms with Gasteiger partial charge in [-0.2, -0.15) is 0 Å². The first-order chi connectivity index (χ1) is 9.58. The molecule has 0 spiro atoms. The lowest BCUT2D eigenvalue weighted by molar-refractivity contribution is 0.0827. The average molecular weight is 269 g/mol. The average Bonchev–Trinajstić information content (AvgIpc) is 2.46. The number of aromatic nitrogens is 1. The molecule has 104 valence electrons. The SMILES string of the molecule is Cc1ccccc1CNc1ccc(C(=O)N(C)C)cn1. The third-order valence-electron chi connectivity index (χ3n) is 3.14.